The van der Waals surface area contributed by atoms with Crippen LogP contribution in [0, 0.1) is 18.3 Å². The average Bonchev–Trinajstić information content (AvgIpc) is 3.75. The van der Waals surface area contributed by atoms with Crippen molar-refractivity contribution in [2.45, 2.75) is 13.1 Å². The molecule has 0 atom stereocenters. The molecule has 0 aliphatic rings. The molecule has 3 nitrogen and oxygen atoms in total. The van der Waals surface area contributed by atoms with Crippen molar-refractivity contribution >= 4 is 43.6 Å². The van der Waals surface area contributed by atoms with Crippen LogP contribution < -0.4 is 0 Å². The first kappa shape index (κ1) is 34.2. The number of rotatable bonds is 5. The molecular formula is C51H32F3N3. The van der Waals surface area contributed by atoms with Gasteiger partial charge in [-0.1, -0.05) is 133 Å². The van der Waals surface area contributed by atoms with E-state index < -0.39 is 11.7 Å². The summed E-state index contributed by atoms with van der Waals surface area (Å²) in [6, 6.07) is 59.1. The molecule has 0 saturated heterocycles. The van der Waals surface area contributed by atoms with E-state index in [1.165, 1.54) is 6.07 Å². The number of fused-ring (bicyclic) bond motifs is 6. The Balaban J connectivity index is 1.38. The lowest BCUT2D eigenvalue weighted by molar-refractivity contribution is -0.137. The zero-order valence-electron chi connectivity index (χ0n) is 30.7. The standard InChI is InChI=1S/C51H32F3N3/c1-32-13-12-20-43(51(52,53)54)50(32)37-29-48(56-44-21-10-8-18-38(44)40-25-23-35(27-46(40)56)33-14-4-2-5-15-33)42(31-55)49(30-37)57-45-22-11-9-19-39(45)41-26-24-36(28-47(41)57)34-16-6-3-7-17-34/h2-30H,1H3. The number of halogens is 3. The predicted molar refractivity (Wildman–Crippen MR) is 226 cm³/mol. The van der Waals surface area contributed by atoms with E-state index in [2.05, 4.69) is 75.9 Å². The third kappa shape index (κ3) is 5.50. The minimum atomic E-state index is -4.62. The Morgan fingerprint density at radius 1 is 0.439 bits per heavy atom. The maximum atomic E-state index is 15.0. The van der Waals surface area contributed by atoms with E-state index in [-0.39, 0.29) is 5.56 Å². The number of aromatic nitrogens is 2. The zero-order chi connectivity index (χ0) is 38.8. The molecule has 8 aromatic carbocycles. The van der Waals surface area contributed by atoms with Gasteiger partial charge in [-0.25, -0.2) is 0 Å². The second-order valence-electron chi connectivity index (χ2n) is 14.4. The minimum absolute atomic E-state index is 0.0773. The fourth-order valence-electron chi connectivity index (χ4n) is 8.59. The summed E-state index contributed by atoms with van der Waals surface area (Å²) in [6.45, 7) is 1.71. The van der Waals surface area contributed by atoms with Gasteiger partial charge < -0.3 is 9.13 Å². The summed E-state index contributed by atoms with van der Waals surface area (Å²) >= 11 is 0. The number of para-hydroxylation sites is 2. The molecule has 10 rings (SSSR count). The molecule has 0 saturated carbocycles. The predicted octanol–water partition coefficient (Wildman–Crippen LogP) is 14.1. The summed E-state index contributed by atoms with van der Waals surface area (Å²) in [5.74, 6) is 0. The maximum Gasteiger partial charge on any atom is 0.417 e. The molecule has 2 aromatic heterocycles. The van der Waals surface area contributed by atoms with Gasteiger partial charge in [0, 0.05) is 21.5 Å². The van der Waals surface area contributed by atoms with Crippen LogP contribution in [0.3, 0.4) is 0 Å². The van der Waals surface area contributed by atoms with E-state index in [0.29, 0.717) is 28.1 Å². The fraction of sp³-hybridized carbons (Fsp3) is 0.0392. The van der Waals surface area contributed by atoms with Gasteiger partial charge in [-0.2, -0.15) is 18.4 Å². The monoisotopic (exact) mass is 743 g/mol. The summed E-state index contributed by atoms with van der Waals surface area (Å²) in [5, 5.41) is 15.3. The summed E-state index contributed by atoms with van der Waals surface area (Å²) in [4.78, 5) is 0. The molecule has 2 heterocycles. The topological polar surface area (TPSA) is 33.6 Å². The van der Waals surface area contributed by atoms with Gasteiger partial charge in [0.15, 0.2) is 0 Å². The molecule has 0 fully saturated rings. The number of alkyl halides is 3. The van der Waals surface area contributed by atoms with Crippen molar-refractivity contribution in [3.8, 4) is 50.8 Å². The summed E-state index contributed by atoms with van der Waals surface area (Å²) < 4.78 is 49.1. The Bertz CT molecular complexity index is 3060. The number of nitrogens with zero attached hydrogens (tertiary/aromatic N) is 3. The molecule has 0 N–H and O–H groups in total. The Morgan fingerprint density at radius 2 is 0.895 bits per heavy atom. The van der Waals surface area contributed by atoms with E-state index in [1.807, 2.05) is 84.9 Å². The molecule has 0 unspecified atom stereocenters. The quantitative estimate of drug-likeness (QED) is 0.173. The van der Waals surface area contributed by atoms with E-state index in [1.54, 1.807) is 25.1 Å². The first-order valence-corrected chi connectivity index (χ1v) is 18.7. The van der Waals surface area contributed by atoms with Crippen LogP contribution in [-0.2, 0) is 6.18 Å². The van der Waals surface area contributed by atoms with E-state index in [4.69, 9.17) is 0 Å². The Kier molecular flexibility index (Phi) is 7.88. The van der Waals surface area contributed by atoms with Crippen LogP contribution in [0.4, 0.5) is 13.2 Å². The smallest absolute Gasteiger partial charge is 0.308 e. The highest BCUT2D eigenvalue weighted by atomic mass is 19.4. The molecule has 0 amide bonds. The van der Waals surface area contributed by atoms with Crippen LogP contribution >= 0.6 is 0 Å². The Morgan fingerprint density at radius 3 is 1.37 bits per heavy atom. The Hall–Kier alpha value is -7.36. The highest BCUT2D eigenvalue weighted by Crippen LogP contribution is 2.45. The van der Waals surface area contributed by atoms with Crippen LogP contribution in [0.25, 0.3) is 88.4 Å². The van der Waals surface area contributed by atoms with Crippen molar-refractivity contribution in [2.75, 3.05) is 0 Å². The van der Waals surface area contributed by atoms with Crippen molar-refractivity contribution < 1.29 is 13.2 Å². The molecule has 272 valence electrons. The van der Waals surface area contributed by atoms with Crippen LogP contribution in [0.1, 0.15) is 16.7 Å². The third-order valence-corrected chi connectivity index (χ3v) is 11.1. The average molecular weight is 744 g/mol. The second-order valence-corrected chi connectivity index (χ2v) is 14.4. The lowest BCUT2D eigenvalue weighted by Gasteiger charge is -2.21. The molecule has 0 radical (unpaired) electrons. The number of aryl methyl sites for hydroxylation is 1. The molecule has 6 heteroatoms. The maximum absolute atomic E-state index is 15.0. The lowest BCUT2D eigenvalue weighted by Crippen LogP contribution is -2.10. The van der Waals surface area contributed by atoms with Crippen molar-refractivity contribution in [1.82, 2.24) is 9.13 Å². The van der Waals surface area contributed by atoms with Crippen molar-refractivity contribution in [3.05, 3.63) is 193 Å². The molecule has 10 aromatic rings. The second kappa shape index (κ2) is 13.1. The molecule has 0 aliphatic carbocycles. The van der Waals surface area contributed by atoms with Crippen molar-refractivity contribution in [3.63, 3.8) is 0 Å². The molecule has 0 aliphatic heterocycles. The van der Waals surface area contributed by atoms with Gasteiger partial charge in [-0.3, -0.25) is 0 Å². The van der Waals surface area contributed by atoms with Crippen LogP contribution in [-0.4, -0.2) is 9.13 Å². The lowest BCUT2D eigenvalue weighted by atomic mass is 9.92. The van der Waals surface area contributed by atoms with E-state index in [0.717, 1.165) is 71.9 Å². The zero-order valence-corrected chi connectivity index (χ0v) is 30.7. The minimum Gasteiger partial charge on any atom is -0.308 e. The van der Waals surface area contributed by atoms with Gasteiger partial charge in [-0.15, -0.1) is 0 Å². The molecule has 57 heavy (non-hydrogen) atoms. The first-order chi connectivity index (χ1) is 27.8. The number of hydrogen-bond acceptors (Lipinski definition) is 1. The van der Waals surface area contributed by atoms with Gasteiger partial charge in [0.05, 0.1) is 39.0 Å². The number of nitriles is 1. The highest BCUT2D eigenvalue weighted by Gasteiger charge is 2.35. The molecule has 0 spiro atoms. The van der Waals surface area contributed by atoms with Crippen molar-refractivity contribution in [2.24, 2.45) is 0 Å². The van der Waals surface area contributed by atoms with Crippen LogP contribution in [0.5, 0.6) is 0 Å². The van der Waals surface area contributed by atoms with Crippen LogP contribution in [0.15, 0.2) is 176 Å². The summed E-state index contributed by atoms with van der Waals surface area (Å²) in [6.07, 6.45) is -4.62. The molecular weight excluding hydrogens is 712 g/mol. The highest BCUT2D eigenvalue weighted by molar-refractivity contribution is 6.12. The van der Waals surface area contributed by atoms with Gasteiger partial charge >= 0.3 is 6.18 Å². The van der Waals surface area contributed by atoms with E-state index in [9.17, 15) is 18.4 Å². The SMILES string of the molecule is Cc1cccc(C(F)(F)F)c1-c1cc(-n2c3ccccc3c3ccc(-c4ccccc4)cc32)c(C#N)c(-n2c3ccccc3c3ccc(-c4ccccc4)cc32)c1. The summed E-state index contributed by atoms with van der Waals surface area (Å²) in [7, 11) is 0. The van der Waals surface area contributed by atoms with Gasteiger partial charge in [0.25, 0.3) is 0 Å². The first-order valence-electron chi connectivity index (χ1n) is 18.7. The van der Waals surface area contributed by atoms with Crippen molar-refractivity contribution in [1.29, 1.82) is 5.26 Å². The normalized spacial score (nSPS) is 11.8. The Labute approximate surface area is 326 Å². The fourth-order valence-corrected chi connectivity index (χ4v) is 8.59. The number of hydrogen-bond donors (Lipinski definition) is 0. The largest absolute Gasteiger partial charge is 0.417 e. The van der Waals surface area contributed by atoms with Gasteiger partial charge in [-0.05, 0) is 88.3 Å². The van der Waals surface area contributed by atoms with E-state index >= 15 is 0 Å². The van der Waals surface area contributed by atoms with Crippen LogP contribution in [0.2, 0.25) is 0 Å². The van der Waals surface area contributed by atoms with Gasteiger partial charge in [0.2, 0.25) is 0 Å². The van der Waals surface area contributed by atoms with Gasteiger partial charge in [0.1, 0.15) is 11.6 Å². The summed E-state index contributed by atoms with van der Waals surface area (Å²) in [5.41, 5.74) is 8.88. The third-order valence-electron chi connectivity index (χ3n) is 11.1. The number of benzene rings is 8. The molecule has 0 bridgehead atoms.